The Morgan fingerprint density at radius 1 is 1.75 bits per heavy atom. The van der Waals surface area contributed by atoms with Crippen LogP contribution < -0.4 is 0 Å². The molecular formula is C5H6O3. The molecule has 0 saturated carbocycles. The molecule has 0 saturated heterocycles. The van der Waals surface area contributed by atoms with Crippen molar-refractivity contribution in [1.82, 2.24) is 0 Å². The summed E-state index contributed by atoms with van der Waals surface area (Å²) in [4.78, 5) is 10.3. The third-order valence-electron chi connectivity index (χ3n) is 1.04. The predicted molar refractivity (Wildman–Crippen MR) is 26.3 cm³/mol. The molecule has 0 amide bonds. The number of rotatable bonds is 0. The normalized spacial score (nSPS) is 28.4. The molecule has 1 unspecified atom stereocenters. The highest BCUT2D eigenvalue weighted by Crippen LogP contribution is 2.10. The second kappa shape index (κ2) is 1.59. The lowest BCUT2D eigenvalue weighted by atomic mass is 10.3. The fraction of sp³-hybridized carbons (Fsp3) is 0.400. The highest BCUT2D eigenvalue weighted by atomic mass is 16.3. The van der Waals surface area contributed by atoms with Crippen LogP contribution in [0.3, 0.4) is 0 Å². The minimum Gasteiger partial charge on any atom is -0.512 e. The largest absolute Gasteiger partial charge is 0.512 e. The van der Waals surface area contributed by atoms with Crippen molar-refractivity contribution >= 4 is 5.78 Å². The van der Waals surface area contributed by atoms with E-state index in [0.717, 1.165) is 6.08 Å². The van der Waals surface area contributed by atoms with Gasteiger partial charge in [-0.05, 0) is 6.08 Å². The minimum absolute atomic E-state index is 0.0127. The maximum atomic E-state index is 10.3. The number of hydrogen-bond acceptors (Lipinski definition) is 3. The number of hydrogen-bond donors (Lipinski definition) is 2. The van der Waals surface area contributed by atoms with Crippen molar-refractivity contribution in [3.63, 3.8) is 0 Å². The first-order chi connectivity index (χ1) is 3.70. The molecule has 0 bridgehead atoms. The molecule has 0 aromatic heterocycles. The maximum absolute atomic E-state index is 10.3. The zero-order chi connectivity index (χ0) is 6.15. The number of carbonyl (C=O) groups excluding carboxylic acids is 1. The molecule has 0 heterocycles. The lowest BCUT2D eigenvalue weighted by molar-refractivity contribution is -0.123. The number of carbonyl (C=O) groups is 1. The second-order valence-corrected chi connectivity index (χ2v) is 1.75. The molecule has 0 aliphatic heterocycles. The standard InChI is InChI=1S/C5H6O3/c6-3-1-4(7)5(8)2-3/h1,4,6-7H,2H2. The van der Waals surface area contributed by atoms with E-state index in [4.69, 9.17) is 10.2 Å². The van der Waals surface area contributed by atoms with Crippen molar-refractivity contribution in [2.75, 3.05) is 0 Å². The highest BCUT2D eigenvalue weighted by molar-refractivity contribution is 5.89. The van der Waals surface area contributed by atoms with Gasteiger partial charge in [0.2, 0.25) is 0 Å². The molecule has 2 N–H and O–H groups in total. The molecule has 8 heavy (non-hydrogen) atoms. The fourth-order valence-electron chi connectivity index (χ4n) is 0.617. The molecule has 1 aliphatic carbocycles. The SMILES string of the molecule is O=C1CC(O)=CC1O. The van der Waals surface area contributed by atoms with Crippen LogP contribution >= 0.6 is 0 Å². The Hall–Kier alpha value is -0.830. The summed E-state index contributed by atoms with van der Waals surface area (Å²) < 4.78 is 0. The summed E-state index contributed by atoms with van der Waals surface area (Å²) in [5, 5.41) is 17.1. The van der Waals surface area contributed by atoms with E-state index in [9.17, 15) is 4.79 Å². The molecule has 1 rings (SSSR count). The summed E-state index contributed by atoms with van der Waals surface area (Å²) >= 11 is 0. The van der Waals surface area contributed by atoms with Crippen molar-refractivity contribution in [2.45, 2.75) is 12.5 Å². The zero-order valence-electron chi connectivity index (χ0n) is 4.16. The van der Waals surface area contributed by atoms with Crippen molar-refractivity contribution in [1.29, 1.82) is 0 Å². The Labute approximate surface area is 46.3 Å². The van der Waals surface area contributed by atoms with Crippen LogP contribution in [-0.4, -0.2) is 22.1 Å². The van der Waals surface area contributed by atoms with Crippen LogP contribution in [0.5, 0.6) is 0 Å². The average Bonchev–Trinajstić information content (AvgIpc) is 1.85. The van der Waals surface area contributed by atoms with Gasteiger partial charge in [-0.3, -0.25) is 4.79 Å². The maximum Gasteiger partial charge on any atom is 0.172 e. The van der Waals surface area contributed by atoms with Gasteiger partial charge in [0.15, 0.2) is 5.78 Å². The van der Waals surface area contributed by atoms with Gasteiger partial charge in [-0.1, -0.05) is 0 Å². The van der Waals surface area contributed by atoms with Crippen LogP contribution in [0, 0.1) is 0 Å². The van der Waals surface area contributed by atoms with Gasteiger partial charge < -0.3 is 10.2 Å². The van der Waals surface area contributed by atoms with E-state index in [0.29, 0.717) is 0 Å². The summed E-state index contributed by atoms with van der Waals surface area (Å²) in [5.74, 6) is -0.356. The van der Waals surface area contributed by atoms with Gasteiger partial charge in [0.05, 0.1) is 12.2 Å². The summed E-state index contributed by atoms with van der Waals surface area (Å²) in [6.07, 6.45) is 0.0683. The van der Waals surface area contributed by atoms with Gasteiger partial charge in [0, 0.05) is 0 Å². The number of aliphatic hydroxyl groups excluding tert-OH is 2. The van der Waals surface area contributed by atoms with E-state index >= 15 is 0 Å². The van der Waals surface area contributed by atoms with Gasteiger partial charge >= 0.3 is 0 Å². The molecule has 1 aliphatic rings. The first kappa shape index (κ1) is 5.31. The minimum atomic E-state index is -1.06. The van der Waals surface area contributed by atoms with Crippen molar-refractivity contribution in [3.05, 3.63) is 11.8 Å². The van der Waals surface area contributed by atoms with Crippen LogP contribution in [0.4, 0.5) is 0 Å². The van der Waals surface area contributed by atoms with Crippen molar-refractivity contribution < 1.29 is 15.0 Å². The Kier molecular flexibility index (Phi) is 1.06. The third kappa shape index (κ3) is 0.721. The molecule has 3 heteroatoms. The first-order valence-electron chi connectivity index (χ1n) is 2.30. The number of allylic oxidation sites excluding steroid dienone is 1. The van der Waals surface area contributed by atoms with E-state index in [-0.39, 0.29) is 18.0 Å². The number of Topliss-reactive ketones (excluding diaryl/α,β-unsaturated/α-hetero) is 1. The summed E-state index contributed by atoms with van der Waals surface area (Å²) in [5.41, 5.74) is 0. The van der Waals surface area contributed by atoms with E-state index in [2.05, 4.69) is 0 Å². The topological polar surface area (TPSA) is 57.5 Å². The number of aliphatic hydroxyl groups is 2. The third-order valence-corrected chi connectivity index (χ3v) is 1.04. The molecule has 0 radical (unpaired) electrons. The van der Waals surface area contributed by atoms with Crippen LogP contribution in [0.2, 0.25) is 0 Å². The van der Waals surface area contributed by atoms with E-state index in [1.165, 1.54) is 0 Å². The predicted octanol–water partition coefficient (Wildman–Crippen LogP) is -0.238. The zero-order valence-corrected chi connectivity index (χ0v) is 4.16. The fourth-order valence-corrected chi connectivity index (χ4v) is 0.617. The Morgan fingerprint density at radius 3 is 2.50 bits per heavy atom. The van der Waals surface area contributed by atoms with Gasteiger partial charge in [-0.25, -0.2) is 0 Å². The van der Waals surface area contributed by atoms with Crippen LogP contribution in [0.1, 0.15) is 6.42 Å². The van der Waals surface area contributed by atoms with Crippen LogP contribution in [-0.2, 0) is 4.79 Å². The molecule has 0 aromatic rings. The second-order valence-electron chi connectivity index (χ2n) is 1.75. The molecule has 44 valence electrons. The van der Waals surface area contributed by atoms with Crippen molar-refractivity contribution in [3.8, 4) is 0 Å². The van der Waals surface area contributed by atoms with Gasteiger partial charge in [-0.15, -0.1) is 0 Å². The van der Waals surface area contributed by atoms with E-state index in [1.54, 1.807) is 0 Å². The molecule has 0 fully saturated rings. The quantitative estimate of drug-likeness (QED) is 0.457. The van der Waals surface area contributed by atoms with Crippen LogP contribution in [0.15, 0.2) is 11.8 Å². The van der Waals surface area contributed by atoms with Gasteiger partial charge in [0.25, 0.3) is 0 Å². The Bertz CT molecular complexity index is 148. The van der Waals surface area contributed by atoms with Gasteiger partial charge in [-0.2, -0.15) is 0 Å². The van der Waals surface area contributed by atoms with E-state index in [1.807, 2.05) is 0 Å². The molecule has 3 nitrogen and oxygen atoms in total. The average molecular weight is 114 g/mol. The first-order valence-corrected chi connectivity index (χ1v) is 2.30. The Balaban J connectivity index is 2.69. The summed E-state index contributed by atoms with van der Waals surface area (Å²) in [7, 11) is 0. The summed E-state index contributed by atoms with van der Waals surface area (Å²) in [6, 6.07) is 0. The lowest BCUT2D eigenvalue weighted by Crippen LogP contribution is -2.10. The monoisotopic (exact) mass is 114 g/mol. The van der Waals surface area contributed by atoms with Crippen LogP contribution in [0.25, 0.3) is 0 Å². The van der Waals surface area contributed by atoms with E-state index < -0.39 is 6.10 Å². The molecule has 0 aromatic carbocycles. The van der Waals surface area contributed by atoms with Crippen molar-refractivity contribution in [2.24, 2.45) is 0 Å². The molecule has 1 atom stereocenters. The lowest BCUT2D eigenvalue weighted by Gasteiger charge is -1.88. The number of ketones is 1. The van der Waals surface area contributed by atoms with Gasteiger partial charge in [0.1, 0.15) is 6.10 Å². The molecular weight excluding hydrogens is 108 g/mol. The Morgan fingerprint density at radius 2 is 2.38 bits per heavy atom. The molecule has 0 spiro atoms. The smallest absolute Gasteiger partial charge is 0.172 e. The highest BCUT2D eigenvalue weighted by Gasteiger charge is 2.21. The summed E-state index contributed by atoms with van der Waals surface area (Å²) in [6.45, 7) is 0.